The first-order valence-corrected chi connectivity index (χ1v) is 25.6. The Morgan fingerprint density at radius 3 is 1.29 bits per heavy atom. The van der Waals surface area contributed by atoms with Crippen molar-refractivity contribution in [2.75, 3.05) is 38.2 Å². The lowest BCUT2D eigenvalue weighted by atomic mass is 9.79. The number of ether oxygens (including phenoxy) is 2. The summed E-state index contributed by atoms with van der Waals surface area (Å²) in [5.74, 6) is -2.28. The van der Waals surface area contributed by atoms with Crippen molar-refractivity contribution in [2.24, 2.45) is 10.8 Å². The second-order valence-corrected chi connectivity index (χ2v) is 22.6. The lowest BCUT2D eigenvalue weighted by molar-refractivity contribution is -0.149. The largest absolute Gasteiger partial charge is 0.416 e. The van der Waals surface area contributed by atoms with Crippen molar-refractivity contribution in [3.8, 4) is 0 Å². The summed E-state index contributed by atoms with van der Waals surface area (Å²) in [5.41, 5.74) is -4.40. The van der Waals surface area contributed by atoms with Crippen molar-refractivity contribution < 1.29 is 72.5 Å². The molecule has 0 unspecified atom stereocenters. The number of nitrogens with zero attached hydrogens (tertiary/aromatic N) is 2. The number of carbonyl (C=O) groups excluding carboxylic acids is 2. The van der Waals surface area contributed by atoms with Crippen LogP contribution in [0.5, 0.6) is 0 Å². The number of sulfone groups is 2. The van der Waals surface area contributed by atoms with Crippen LogP contribution in [0.15, 0.2) is 46.2 Å². The first-order chi connectivity index (χ1) is 30.8. The number of benzene rings is 2. The fourth-order valence-electron chi connectivity index (χ4n) is 10.6. The highest BCUT2D eigenvalue weighted by Crippen LogP contribution is 2.47. The van der Waals surface area contributed by atoms with Gasteiger partial charge in [-0.2, -0.15) is 26.3 Å². The van der Waals surface area contributed by atoms with E-state index < -0.39 is 89.8 Å². The zero-order valence-corrected chi connectivity index (χ0v) is 38.4. The smallest absolute Gasteiger partial charge is 0.392 e. The molecule has 0 aromatic heterocycles. The number of rotatable bonds is 8. The Labute approximate surface area is 380 Å². The highest BCUT2D eigenvalue weighted by Gasteiger charge is 2.54. The summed E-state index contributed by atoms with van der Waals surface area (Å²) in [6.07, 6.45) is -5.18. The third-order valence-corrected chi connectivity index (χ3v) is 17.8. The van der Waals surface area contributed by atoms with Gasteiger partial charge in [-0.15, -0.1) is 0 Å². The van der Waals surface area contributed by atoms with Gasteiger partial charge in [-0.1, -0.05) is 0 Å². The highest BCUT2D eigenvalue weighted by atomic mass is 32.2. The standard InChI is InChI=1S/2C22H29F3N2O5S/c2*1-14(28)21(7-4-18(11-21)26-17-5-8-32-9-6-17)20(29)27-12-15-10-16(22(23,24)25)2-3-19(15)33(30,31)13-27/h2*2-3,10,14,17-18,26,28H,4-9,11-13H2,1H3/t14-,18+,21-;14-,18-,21+/m01/s1. The molecule has 4 aliphatic heterocycles. The molecule has 2 aromatic carbocycles. The number of aliphatic hydroxyl groups excluding tert-OH is 2. The number of aliphatic hydroxyl groups is 2. The average Bonchev–Trinajstić information content (AvgIpc) is 3.89. The molecule has 2 saturated heterocycles. The fourth-order valence-corrected chi connectivity index (χ4v) is 13.8. The minimum absolute atomic E-state index is 0.0165. The molecule has 0 radical (unpaired) electrons. The summed E-state index contributed by atoms with van der Waals surface area (Å²) >= 11 is 0. The van der Waals surface area contributed by atoms with Crippen LogP contribution in [0.4, 0.5) is 26.3 Å². The van der Waals surface area contributed by atoms with Gasteiger partial charge < -0.3 is 40.1 Å². The third kappa shape index (κ3) is 10.6. The fraction of sp³-hybridized carbons (Fsp3) is 0.682. The van der Waals surface area contributed by atoms with Crippen molar-refractivity contribution in [1.29, 1.82) is 0 Å². The predicted octanol–water partition coefficient (Wildman–Crippen LogP) is 4.93. The molecule has 14 nitrogen and oxygen atoms in total. The average molecular weight is 981 g/mol. The zero-order valence-electron chi connectivity index (χ0n) is 36.8. The van der Waals surface area contributed by atoms with E-state index in [1.807, 2.05) is 0 Å². The molecule has 6 aliphatic rings. The van der Waals surface area contributed by atoms with Gasteiger partial charge in [-0.3, -0.25) is 9.59 Å². The Kier molecular flexibility index (Phi) is 14.7. The molecule has 4 fully saturated rings. The van der Waals surface area contributed by atoms with Crippen LogP contribution in [0.1, 0.15) is 100 Å². The molecule has 8 rings (SSSR count). The molecule has 2 aromatic rings. The number of amides is 2. The minimum Gasteiger partial charge on any atom is -0.392 e. The van der Waals surface area contributed by atoms with Gasteiger partial charge in [-0.25, -0.2) is 16.8 Å². The van der Waals surface area contributed by atoms with E-state index in [1.165, 1.54) is 13.8 Å². The van der Waals surface area contributed by atoms with Gasteiger partial charge in [0.1, 0.15) is 11.8 Å². The Bertz CT molecular complexity index is 2180. The van der Waals surface area contributed by atoms with Gasteiger partial charge >= 0.3 is 12.4 Å². The van der Waals surface area contributed by atoms with Crippen LogP contribution in [0.3, 0.4) is 0 Å². The lowest BCUT2D eigenvalue weighted by Crippen LogP contribution is -2.52. The van der Waals surface area contributed by atoms with Crippen LogP contribution in [0.25, 0.3) is 0 Å². The molecule has 4 heterocycles. The first-order valence-electron chi connectivity index (χ1n) is 22.3. The molecule has 66 heavy (non-hydrogen) atoms. The molecule has 2 amide bonds. The van der Waals surface area contributed by atoms with Gasteiger partial charge in [0.25, 0.3) is 0 Å². The van der Waals surface area contributed by atoms with E-state index in [4.69, 9.17) is 9.47 Å². The molecular formula is C44H58F6N4O10S2. The molecule has 4 N–H and O–H groups in total. The number of nitrogens with one attached hydrogen (secondary N) is 2. The van der Waals surface area contributed by atoms with E-state index in [9.17, 15) is 63.0 Å². The maximum Gasteiger partial charge on any atom is 0.416 e. The van der Waals surface area contributed by atoms with Crippen molar-refractivity contribution >= 4 is 31.5 Å². The van der Waals surface area contributed by atoms with E-state index in [1.54, 1.807) is 0 Å². The number of alkyl halides is 6. The molecule has 0 bridgehead atoms. The van der Waals surface area contributed by atoms with Crippen molar-refractivity contribution in [3.63, 3.8) is 0 Å². The van der Waals surface area contributed by atoms with Gasteiger partial charge in [0.2, 0.25) is 11.8 Å². The summed E-state index contributed by atoms with van der Waals surface area (Å²) in [6, 6.07) is 5.49. The van der Waals surface area contributed by atoms with E-state index >= 15 is 0 Å². The summed E-state index contributed by atoms with van der Waals surface area (Å²) in [6.45, 7) is 5.19. The number of hydrogen-bond donors (Lipinski definition) is 4. The zero-order chi connectivity index (χ0) is 48.0. The maximum absolute atomic E-state index is 13.6. The lowest BCUT2D eigenvalue weighted by Gasteiger charge is -2.39. The molecule has 22 heteroatoms. The summed E-state index contributed by atoms with van der Waals surface area (Å²) in [4.78, 5) is 29.0. The van der Waals surface area contributed by atoms with Crippen LogP contribution >= 0.6 is 0 Å². The predicted molar refractivity (Wildman–Crippen MR) is 226 cm³/mol. The molecule has 368 valence electrons. The maximum atomic E-state index is 13.6. The Morgan fingerprint density at radius 2 is 0.970 bits per heavy atom. The van der Waals surface area contributed by atoms with Crippen LogP contribution < -0.4 is 10.6 Å². The number of hydrogen-bond acceptors (Lipinski definition) is 12. The second-order valence-electron chi connectivity index (χ2n) is 18.8. The highest BCUT2D eigenvalue weighted by molar-refractivity contribution is 7.91. The van der Waals surface area contributed by atoms with Gasteiger partial charge in [0.05, 0.1) is 44.0 Å². The second kappa shape index (κ2) is 19.2. The quantitative estimate of drug-likeness (QED) is 0.261. The van der Waals surface area contributed by atoms with Crippen molar-refractivity contribution in [3.05, 3.63) is 58.7 Å². The molecular weight excluding hydrogens is 923 g/mol. The third-order valence-electron chi connectivity index (χ3n) is 14.3. The van der Waals surface area contributed by atoms with Crippen LogP contribution in [-0.2, 0) is 64.2 Å². The Balaban J connectivity index is 0.000000196. The Morgan fingerprint density at radius 1 is 0.621 bits per heavy atom. The minimum atomic E-state index is -4.62. The van der Waals surface area contributed by atoms with E-state index in [-0.39, 0.29) is 58.2 Å². The number of carbonyl (C=O) groups is 2. The molecule has 2 aliphatic carbocycles. The number of fused-ring (bicyclic) bond motifs is 2. The summed E-state index contributed by atoms with van der Waals surface area (Å²) < 4.78 is 141. The molecule has 0 spiro atoms. The summed E-state index contributed by atoms with van der Waals surface area (Å²) in [5, 5.41) is 28.3. The molecule has 2 saturated carbocycles. The molecule has 6 atom stereocenters. The van der Waals surface area contributed by atoms with Crippen molar-refractivity contribution in [2.45, 2.75) is 150 Å². The SMILES string of the molecule is C[C@@H](O)[C@]1(C(=O)N2Cc3cc(C(F)(F)F)ccc3S(=O)(=O)C2)CC[C@@H](NC2CCOCC2)C1.C[C@H](O)[C@]1(C(=O)N2Cc3cc(C(F)(F)F)ccc3S(=O)(=O)C2)CC[C@@H](NC2CCOCC2)C1. The number of halogens is 6. The van der Waals surface area contributed by atoms with E-state index in [0.717, 1.165) is 71.9 Å². The topological polar surface area (TPSA) is 192 Å². The van der Waals surface area contributed by atoms with Crippen LogP contribution in [-0.4, -0.2) is 123 Å². The summed E-state index contributed by atoms with van der Waals surface area (Å²) in [7, 11) is -7.98. The van der Waals surface area contributed by atoms with E-state index in [0.29, 0.717) is 65.0 Å². The first kappa shape index (κ1) is 50.5. The van der Waals surface area contributed by atoms with E-state index in [2.05, 4.69) is 10.6 Å². The Hall–Kier alpha value is -3.38. The van der Waals surface area contributed by atoms with Crippen LogP contribution in [0, 0.1) is 10.8 Å². The normalized spacial score (nSPS) is 29.0. The van der Waals surface area contributed by atoms with Crippen molar-refractivity contribution in [1.82, 2.24) is 20.4 Å². The van der Waals surface area contributed by atoms with Gasteiger partial charge in [0, 0.05) is 63.7 Å². The van der Waals surface area contributed by atoms with Crippen LogP contribution in [0.2, 0.25) is 0 Å². The van der Waals surface area contributed by atoms with Gasteiger partial charge in [-0.05, 0) is 126 Å². The monoisotopic (exact) mass is 980 g/mol. The van der Waals surface area contributed by atoms with Gasteiger partial charge in [0.15, 0.2) is 19.7 Å².